The van der Waals surface area contributed by atoms with E-state index in [9.17, 15) is 0 Å². The maximum absolute atomic E-state index is 5.38. The van der Waals surface area contributed by atoms with E-state index in [1.54, 1.807) is 0 Å². The number of fused-ring (bicyclic) bond motifs is 1. The summed E-state index contributed by atoms with van der Waals surface area (Å²) in [7, 11) is 2.00. The van der Waals surface area contributed by atoms with Gasteiger partial charge in [0.05, 0.1) is 5.52 Å². The number of aromatic nitrogens is 5. The number of H-pyrrole nitrogens is 1. The van der Waals surface area contributed by atoms with Crippen LogP contribution in [0.2, 0.25) is 0 Å². The Morgan fingerprint density at radius 3 is 2.89 bits per heavy atom. The molecule has 0 saturated carbocycles. The van der Waals surface area contributed by atoms with Crippen LogP contribution in [0, 0.1) is 11.7 Å². The molecule has 3 aromatic heterocycles. The van der Waals surface area contributed by atoms with Crippen LogP contribution in [0.25, 0.3) is 11.2 Å². The van der Waals surface area contributed by atoms with Gasteiger partial charge >= 0.3 is 0 Å². The molecule has 19 heavy (non-hydrogen) atoms. The summed E-state index contributed by atoms with van der Waals surface area (Å²) < 4.78 is 4.77. The Kier molecular flexibility index (Phi) is 2.94. The number of imidazole rings is 2. The molecule has 3 aromatic rings. The number of pyridine rings is 1. The Hall–Kier alpha value is -1.95. The molecule has 3 rings (SSSR count). The van der Waals surface area contributed by atoms with Crippen LogP contribution in [0.4, 0.5) is 0 Å². The second-order valence-electron chi connectivity index (χ2n) is 4.61. The van der Waals surface area contributed by atoms with Crippen LogP contribution in [-0.4, -0.2) is 24.1 Å². The fourth-order valence-corrected chi connectivity index (χ4v) is 2.51. The van der Waals surface area contributed by atoms with Gasteiger partial charge in [0.25, 0.3) is 0 Å². The average molecular weight is 273 g/mol. The summed E-state index contributed by atoms with van der Waals surface area (Å²) in [5.41, 5.74) is 3.10. The van der Waals surface area contributed by atoms with Gasteiger partial charge in [-0.2, -0.15) is 0 Å². The van der Waals surface area contributed by atoms with Crippen LogP contribution in [0.5, 0.6) is 0 Å². The van der Waals surface area contributed by atoms with E-state index in [0.29, 0.717) is 4.77 Å². The van der Waals surface area contributed by atoms with E-state index in [4.69, 9.17) is 12.2 Å². The molecule has 3 heterocycles. The molecule has 0 radical (unpaired) electrons. The number of nitrogens with one attached hydrogen (secondary N) is 1. The fraction of sp³-hybridized carbons (Fsp3) is 0.308. The van der Waals surface area contributed by atoms with E-state index < -0.39 is 0 Å². The molecule has 1 N–H and O–H groups in total. The van der Waals surface area contributed by atoms with Gasteiger partial charge in [-0.25, -0.2) is 9.97 Å². The molecule has 0 aliphatic rings. The summed E-state index contributed by atoms with van der Waals surface area (Å²) in [5.74, 6) is 1.05. The Morgan fingerprint density at radius 1 is 1.32 bits per heavy atom. The van der Waals surface area contributed by atoms with Gasteiger partial charge in [0.1, 0.15) is 5.82 Å². The number of aromatic amines is 1. The van der Waals surface area contributed by atoms with Crippen LogP contribution in [0.15, 0.2) is 24.7 Å². The number of aryl methyl sites for hydroxylation is 4. The van der Waals surface area contributed by atoms with Gasteiger partial charge in [0.15, 0.2) is 10.4 Å². The van der Waals surface area contributed by atoms with Crippen molar-refractivity contribution in [1.29, 1.82) is 0 Å². The minimum atomic E-state index is 0.714. The van der Waals surface area contributed by atoms with Gasteiger partial charge in [-0.3, -0.25) is 0 Å². The van der Waals surface area contributed by atoms with Gasteiger partial charge in [0, 0.05) is 38.6 Å². The highest BCUT2D eigenvalue weighted by Crippen LogP contribution is 2.15. The summed E-state index contributed by atoms with van der Waals surface area (Å²) in [6.07, 6.45) is 6.41. The molecule has 0 saturated heterocycles. The standard InChI is InChI=1S/C13H15N5S/c1-9-3-5-15-12-11(9)16-13(19)18(12)7-4-10-14-6-8-17(10)2/h3,5-6,8H,4,7H2,1-2H3,(H,16,19). The van der Waals surface area contributed by atoms with Crippen molar-refractivity contribution >= 4 is 23.4 Å². The van der Waals surface area contributed by atoms with Gasteiger partial charge in [0.2, 0.25) is 0 Å². The molecule has 6 heteroatoms. The summed E-state index contributed by atoms with van der Waals surface area (Å²) in [4.78, 5) is 12.0. The second-order valence-corrected chi connectivity index (χ2v) is 5.00. The van der Waals surface area contributed by atoms with Gasteiger partial charge < -0.3 is 14.1 Å². The van der Waals surface area contributed by atoms with E-state index in [1.165, 1.54) is 0 Å². The number of hydrogen-bond donors (Lipinski definition) is 1. The van der Waals surface area contributed by atoms with Crippen LogP contribution in [0.1, 0.15) is 11.4 Å². The van der Waals surface area contributed by atoms with Crippen LogP contribution < -0.4 is 0 Å². The number of hydrogen-bond acceptors (Lipinski definition) is 3. The molecule has 0 unspecified atom stereocenters. The first kappa shape index (κ1) is 12.1. The smallest absolute Gasteiger partial charge is 0.179 e. The summed E-state index contributed by atoms with van der Waals surface area (Å²) in [6, 6.07) is 1.98. The van der Waals surface area contributed by atoms with Gasteiger partial charge in [-0.05, 0) is 30.8 Å². The minimum absolute atomic E-state index is 0.714. The normalized spacial score (nSPS) is 11.3. The summed E-state index contributed by atoms with van der Waals surface area (Å²) in [5, 5.41) is 0. The fourth-order valence-electron chi connectivity index (χ4n) is 2.23. The van der Waals surface area contributed by atoms with E-state index in [-0.39, 0.29) is 0 Å². The van der Waals surface area contributed by atoms with Gasteiger partial charge in [-0.15, -0.1) is 0 Å². The number of nitrogens with zero attached hydrogens (tertiary/aromatic N) is 4. The molecule has 0 aliphatic carbocycles. The molecule has 0 aromatic carbocycles. The SMILES string of the molecule is Cc1ccnc2c1[nH]c(=S)n2CCc1nccn1C. The van der Waals surface area contributed by atoms with E-state index in [1.807, 2.05) is 40.8 Å². The summed E-state index contributed by atoms with van der Waals surface area (Å²) in [6.45, 7) is 2.83. The van der Waals surface area contributed by atoms with Crippen molar-refractivity contribution in [2.24, 2.45) is 7.05 Å². The third-order valence-corrected chi connectivity index (χ3v) is 3.67. The Bertz CT molecular complexity index is 780. The summed E-state index contributed by atoms with van der Waals surface area (Å²) >= 11 is 5.38. The lowest BCUT2D eigenvalue weighted by molar-refractivity contribution is 0.654. The van der Waals surface area contributed by atoms with Crippen molar-refractivity contribution in [3.8, 4) is 0 Å². The molecule has 98 valence electrons. The maximum atomic E-state index is 5.38. The molecule has 0 bridgehead atoms. The average Bonchev–Trinajstić information content (AvgIpc) is 2.92. The first-order chi connectivity index (χ1) is 9.16. The zero-order chi connectivity index (χ0) is 13.4. The molecule has 0 spiro atoms. The minimum Gasteiger partial charge on any atom is -0.338 e. The Balaban J connectivity index is 1.97. The van der Waals surface area contributed by atoms with Crippen molar-refractivity contribution in [2.75, 3.05) is 0 Å². The molecule has 0 aliphatic heterocycles. The first-order valence-electron chi connectivity index (χ1n) is 6.17. The molecule has 0 amide bonds. The van der Waals surface area contributed by atoms with Crippen LogP contribution in [-0.2, 0) is 20.0 Å². The van der Waals surface area contributed by atoms with Crippen molar-refractivity contribution in [3.05, 3.63) is 40.8 Å². The Labute approximate surface area is 115 Å². The molecular weight excluding hydrogens is 258 g/mol. The third-order valence-electron chi connectivity index (χ3n) is 3.35. The topological polar surface area (TPSA) is 51.4 Å². The van der Waals surface area contributed by atoms with Gasteiger partial charge in [-0.1, -0.05) is 0 Å². The molecule has 0 atom stereocenters. The largest absolute Gasteiger partial charge is 0.338 e. The lowest BCUT2D eigenvalue weighted by Crippen LogP contribution is -2.06. The van der Waals surface area contributed by atoms with Crippen molar-refractivity contribution in [1.82, 2.24) is 24.1 Å². The van der Waals surface area contributed by atoms with Crippen molar-refractivity contribution in [3.63, 3.8) is 0 Å². The maximum Gasteiger partial charge on any atom is 0.179 e. The van der Waals surface area contributed by atoms with E-state index in [0.717, 1.165) is 35.5 Å². The zero-order valence-corrected chi connectivity index (χ0v) is 11.7. The quantitative estimate of drug-likeness (QED) is 0.745. The zero-order valence-electron chi connectivity index (χ0n) is 10.9. The monoisotopic (exact) mass is 273 g/mol. The third kappa shape index (κ3) is 2.08. The molecule has 0 fully saturated rings. The molecular formula is C13H15N5S. The number of rotatable bonds is 3. The van der Waals surface area contributed by atoms with Crippen molar-refractivity contribution < 1.29 is 0 Å². The van der Waals surface area contributed by atoms with Crippen molar-refractivity contribution in [2.45, 2.75) is 19.9 Å². The first-order valence-corrected chi connectivity index (χ1v) is 6.58. The highest BCUT2D eigenvalue weighted by molar-refractivity contribution is 7.71. The predicted molar refractivity (Wildman–Crippen MR) is 76.6 cm³/mol. The van der Waals surface area contributed by atoms with E-state index >= 15 is 0 Å². The molecule has 5 nitrogen and oxygen atoms in total. The lowest BCUT2D eigenvalue weighted by Gasteiger charge is -2.04. The predicted octanol–water partition coefficient (Wildman–Crippen LogP) is 2.38. The lowest BCUT2D eigenvalue weighted by atomic mass is 10.3. The van der Waals surface area contributed by atoms with Crippen LogP contribution in [0.3, 0.4) is 0 Å². The Morgan fingerprint density at radius 2 is 2.16 bits per heavy atom. The highest BCUT2D eigenvalue weighted by Gasteiger charge is 2.08. The van der Waals surface area contributed by atoms with Crippen LogP contribution >= 0.6 is 12.2 Å². The highest BCUT2D eigenvalue weighted by atomic mass is 32.1. The second kappa shape index (κ2) is 4.62. The van der Waals surface area contributed by atoms with E-state index in [2.05, 4.69) is 21.9 Å².